The molecular weight excluding hydrogens is 352 g/mol. The number of halogens is 3. The van der Waals surface area contributed by atoms with E-state index >= 15 is 0 Å². The number of hydrogen-bond donors (Lipinski definition) is 0. The molecule has 4 heteroatoms. The third-order valence-corrected chi connectivity index (χ3v) is 4.27. The van der Waals surface area contributed by atoms with E-state index in [0.29, 0.717) is 9.65 Å². The van der Waals surface area contributed by atoms with Crippen molar-refractivity contribution in [3.8, 4) is 0 Å². The summed E-state index contributed by atoms with van der Waals surface area (Å²) >= 11 is 10.6. The van der Waals surface area contributed by atoms with Gasteiger partial charge < -0.3 is 4.74 Å². The van der Waals surface area contributed by atoms with Crippen LogP contribution in [-0.2, 0) is 4.74 Å². The second-order valence-corrected chi connectivity index (χ2v) is 5.88. The molecule has 0 saturated heterocycles. The molecule has 0 spiro atoms. The van der Waals surface area contributed by atoms with Gasteiger partial charge in [0.25, 0.3) is 0 Å². The molecule has 0 amide bonds. The molecule has 0 N–H and O–H groups in total. The van der Waals surface area contributed by atoms with Gasteiger partial charge in [0.1, 0.15) is 6.10 Å². The molecule has 0 aromatic heterocycles. The van der Waals surface area contributed by atoms with Crippen LogP contribution < -0.4 is 0 Å². The Hall–Kier alpha value is 0.880. The Bertz CT molecular complexity index is 249. The minimum atomic E-state index is 0.147. The third kappa shape index (κ3) is 1.59. The first-order valence-electron chi connectivity index (χ1n) is 3.67. The van der Waals surface area contributed by atoms with E-state index in [1.165, 1.54) is 0 Å². The second-order valence-electron chi connectivity index (χ2n) is 2.85. The molecule has 2 heterocycles. The first-order valence-corrected chi connectivity index (χ1v) is 6.30. The molecule has 2 aliphatic rings. The molecule has 2 rings (SSSR count). The zero-order chi connectivity index (χ0) is 8.72. The van der Waals surface area contributed by atoms with E-state index in [0.717, 1.165) is 4.48 Å². The van der Waals surface area contributed by atoms with Crippen molar-refractivity contribution < 1.29 is 4.74 Å². The summed E-state index contributed by atoms with van der Waals surface area (Å²) in [5.41, 5.74) is 0. The van der Waals surface area contributed by atoms with Crippen LogP contribution in [0.2, 0.25) is 0 Å². The highest BCUT2D eigenvalue weighted by molar-refractivity contribution is 9.12. The van der Waals surface area contributed by atoms with Crippen LogP contribution >= 0.6 is 47.8 Å². The van der Waals surface area contributed by atoms with Crippen LogP contribution in [0.25, 0.3) is 0 Å². The molecule has 0 aromatic carbocycles. The van der Waals surface area contributed by atoms with Crippen molar-refractivity contribution in [1.82, 2.24) is 0 Å². The lowest BCUT2D eigenvalue weighted by Crippen LogP contribution is -2.39. The summed E-state index contributed by atoms with van der Waals surface area (Å²) in [6.07, 6.45) is 6.71. The zero-order valence-electron chi connectivity index (χ0n) is 6.08. The highest BCUT2D eigenvalue weighted by Gasteiger charge is 2.34. The first-order chi connectivity index (χ1) is 5.68. The molecule has 0 fully saturated rings. The minimum absolute atomic E-state index is 0.147. The van der Waals surface area contributed by atoms with Gasteiger partial charge in [-0.25, -0.2) is 0 Å². The highest BCUT2D eigenvalue weighted by Crippen LogP contribution is 2.35. The summed E-state index contributed by atoms with van der Waals surface area (Å²) in [5.74, 6) is 0. The molecule has 4 atom stereocenters. The molecule has 1 nitrogen and oxygen atoms in total. The third-order valence-electron chi connectivity index (χ3n) is 1.98. The van der Waals surface area contributed by atoms with Gasteiger partial charge in [0.15, 0.2) is 0 Å². The van der Waals surface area contributed by atoms with Gasteiger partial charge in [0, 0.05) is 4.48 Å². The van der Waals surface area contributed by atoms with E-state index in [2.05, 4.69) is 66.0 Å². The smallest absolute Gasteiger partial charge is 0.105 e. The zero-order valence-corrected chi connectivity index (χ0v) is 10.8. The Balaban J connectivity index is 2.31. The molecule has 2 aliphatic heterocycles. The maximum Gasteiger partial charge on any atom is 0.105 e. The summed E-state index contributed by atoms with van der Waals surface area (Å²) in [6, 6.07) is 0. The summed E-state index contributed by atoms with van der Waals surface area (Å²) in [6.45, 7) is 0. The standard InChI is InChI=1S/C8H7Br3O/c9-4-1-2-7-5(10)3-6(11)8(4)12-7/h1-5,7-8H/t4-,5-,7+,8-/m1/s1. The van der Waals surface area contributed by atoms with Gasteiger partial charge in [-0.1, -0.05) is 66.0 Å². The number of rotatable bonds is 0. The van der Waals surface area contributed by atoms with Gasteiger partial charge in [0.2, 0.25) is 0 Å². The van der Waals surface area contributed by atoms with Gasteiger partial charge in [-0.15, -0.1) is 0 Å². The Morgan fingerprint density at radius 3 is 2.67 bits per heavy atom. The predicted octanol–water partition coefficient (Wildman–Crippen LogP) is 3.13. The average molecular weight is 359 g/mol. The average Bonchev–Trinajstić information content (AvgIpc) is 2.03. The molecule has 0 aliphatic carbocycles. The van der Waals surface area contributed by atoms with Crippen LogP contribution in [-0.4, -0.2) is 21.9 Å². The van der Waals surface area contributed by atoms with Gasteiger partial charge >= 0.3 is 0 Å². The van der Waals surface area contributed by atoms with Crippen LogP contribution in [0.5, 0.6) is 0 Å². The molecule has 2 bridgehead atoms. The normalized spacial score (nSPS) is 45.8. The quantitative estimate of drug-likeness (QED) is 0.477. The number of alkyl halides is 2. The van der Waals surface area contributed by atoms with Gasteiger partial charge in [-0.3, -0.25) is 0 Å². The Morgan fingerprint density at radius 1 is 1.17 bits per heavy atom. The van der Waals surface area contributed by atoms with Crippen LogP contribution in [0.4, 0.5) is 0 Å². The SMILES string of the molecule is BrC1=C[C@@H](Br)[C@@H]2C=C[C@@H](Br)[C@H]1O2. The summed E-state index contributed by atoms with van der Waals surface area (Å²) in [4.78, 5) is 0.582. The van der Waals surface area contributed by atoms with Crippen LogP contribution in [0, 0.1) is 0 Å². The molecule has 0 unspecified atom stereocenters. The fourth-order valence-electron chi connectivity index (χ4n) is 1.35. The topological polar surface area (TPSA) is 9.23 Å². The van der Waals surface area contributed by atoms with E-state index in [4.69, 9.17) is 4.74 Å². The molecule has 12 heavy (non-hydrogen) atoms. The van der Waals surface area contributed by atoms with E-state index in [-0.39, 0.29) is 12.2 Å². The summed E-state index contributed by atoms with van der Waals surface area (Å²) < 4.78 is 6.88. The largest absolute Gasteiger partial charge is 0.363 e. The minimum Gasteiger partial charge on any atom is -0.363 e. The second kappa shape index (κ2) is 3.56. The number of fused-ring (bicyclic) bond motifs is 2. The van der Waals surface area contributed by atoms with E-state index in [1.807, 2.05) is 0 Å². The van der Waals surface area contributed by atoms with Crippen LogP contribution in [0.3, 0.4) is 0 Å². The fraction of sp³-hybridized carbons (Fsp3) is 0.500. The lowest BCUT2D eigenvalue weighted by Gasteiger charge is -2.35. The maximum atomic E-state index is 5.76. The molecule has 66 valence electrons. The Kier molecular flexibility index (Phi) is 2.80. The van der Waals surface area contributed by atoms with Gasteiger partial charge in [-0.05, 0) is 0 Å². The lowest BCUT2D eigenvalue weighted by molar-refractivity contribution is 0.0335. The van der Waals surface area contributed by atoms with Crippen molar-refractivity contribution in [2.24, 2.45) is 0 Å². The van der Waals surface area contributed by atoms with Crippen molar-refractivity contribution in [2.45, 2.75) is 21.9 Å². The molecular formula is C8H7Br3O. The van der Waals surface area contributed by atoms with E-state index in [1.54, 1.807) is 0 Å². The van der Waals surface area contributed by atoms with Crippen molar-refractivity contribution in [2.75, 3.05) is 0 Å². The highest BCUT2D eigenvalue weighted by atomic mass is 79.9. The molecule has 0 saturated carbocycles. The monoisotopic (exact) mass is 356 g/mol. The fourth-order valence-corrected chi connectivity index (χ4v) is 3.90. The van der Waals surface area contributed by atoms with Crippen molar-refractivity contribution in [1.29, 1.82) is 0 Å². The van der Waals surface area contributed by atoms with Crippen molar-refractivity contribution >= 4 is 47.8 Å². The predicted molar refractivity (Wildman–Crippen MR) is 60.2 cm³/mol. The van der Waals surface area contributed by atoms with E-state index < -0.39 is 0 Å². The van der Waals surface area contributed by atoms with E-state index in [9.17, 15) is 0 Å². The van der Waals surface area contributed by atoms with Gasteiger partial charge in [0.05, 0.1) is 15.8 Å². The van der Waals surface area contributed by atoms with Crippen molar-refractivity contribution in [3.05, 3.63) is 22.7 Å². The first kappa shape index (κ1) is 9.44. The number of hydrogen-bond acceptors (Lipinski definition) is 1. The van der Waals surface area contributed by atoms with Crippen LogP contribution in [0.15, 0.2) is 22.7 Å². The molecule has 0 aromatic rings. The molecule has 0 radical (unpaired) electrons. The Labute approximate surface area is 96.6 Å². The van der Waals surface area contributed by atoms with Crippen molar-refractivity contribution in [3.63, 3.8) is 0 Å². The summed E-state index contributed by atoms with van der Waals surface area (Å²) in [5, 5.41) is 0. The number of ether oxygens (including phenoxy) is 1. The maximum absolute atomic E-state index is 5.76. The lowest BCUT2D eigenvalue weighted by atomic mass is 10.0. The Morgan fingerprint density at radius 2 is 1.92 bits per heavy atom. The van der Waals surface area contributed by atoms with Crippen LogP contribution in [0.1, 0.15) is 0 Å². The summed E-state index contributed by atoms with van der Waals surface area (Å²) in [7, 11) is 0. The van der Waals surface area contributed by atoms with Gasteiger partial charge in [-0.2, -0.15) is 0 Å².